The van der Waals surface area contributed by atoms with Crippen molar-refractivity contribution >= 4 is 11.9 Å². The van der Waals surface area contributed by atoms with Crippen LogP contribution in [0.3, 0.4) is 0 Å². The van der Waals surface area contributed by atoms with Gasteiger partial charge in [0.2, 0.25) is 5.95 Å². The molecule has 0 saturated carbocycles. The predicted octanol–water partition coefficient (Wildman–Crippen LogP) is 3.80. The minimum Gasteiger partial charge on any atom is -0.504 e. The fraction of sp³-hybridized carbons (Fsp3) is 0.148. The molecule has 0 aliphatic heterocycles. The molecule has 0 bridgehead atoms. The second-order valence-corrected chi connectivity index (χ2v) is 7.79. The summed E-state index contributed by atoms with van der Waals surface area (Å²) in [7, 11) is 1.73. The molecular weight excluding hydrogens is 460 g/mol. The lowest BCUT2D eigenvalue weighted by molar-refractivity contribution is 0.0697. The van der Waals surface area contributed by atoms with Crippen LogP contribution in [0, 0.1) is 0 Å². The Morgan fingerprint density at radius 1 is 0.944 bits per heavy atom. The Labute approximate surface area is 208 Å². The van der Waals surface area contributed by atoms with Crippen LogP contribution in [0.25, 0.3) is 11.3 Å². The van der Waals surface area contributed by atoms with Gasteiger partial charge < -0.3 is 31.1 Å². The van der Waals surface area contributed by atoms with E-state index in [1.165, 1.54) is 18.3 Å². The van der Waals surface area contributed by atoms with Gasteiger partial charge in [0.25, 0.3) is 0 Å². The summed E-state index contributed by atoms with van der Waals surface area (Å²) in [6, 6.07) is 23.4. The number of carbonyl (C=O) groups is 1. The third-order valence-corrected chi connectivity index (χ3v) is 5.14. The largest absolute Gasteiger partial charge is 0.504 e. The molecule has 36 heavy (non-hydrogen) atoms. The van der Waals surface area contributed by atoms with Crippen molar-refractivity contribution in [3.63, 3.8) is 0 Å². The molecule has 3 aromatic carbocycles. The topological polar surface area (TPSA) is 148 Å². The van der Waals surface area contributed by atoms with Crippen molar-refractivity contribution in [3.8, 4) is 22.8 Å². The van der Waals surface area contributed by atoms with Crippen LogP contribution in [-0.4, -0.2) is 50.0 Å². The molecule has 9 nitrogen and oxygen atoms in total. The second-order valence-electron chi connectivity index (χ2n) is 7.79. The van der Waals surface area contributed by atoms with E-state index in [1.54, 1.807) is 13.1 Å². The lowest BCUT2D eigenvalue weighted by atomic mass is 10.1. The summed E-state index contributed by atoms with van der Waals surface area (Å²) in [5.41, 5.74) is 2.91. The molecular formula is C27H28N4O5. The Balaban J connectivity index is 0.000000236. The van der Waals surface area contributed by atoms with Crippen LogP contribution in [0.2, 0.25) is 0 Å². The highest BCUT2D eigenvalue weighted by molar-refractivity contribution is 5.94. The van der Waals surface area contributed by atoms with Gasteiger partial charge in [0, 0.05) is 24.8 Å². The van der Waals surface area contributed by atoms with Gasteiger partial charge in [0.05, 0.1) is 11.8 Å². The number of aromatic hydroxyl groups is 2. The van der Waals surface area contributed by atoms with Crippen LogP contribution in [0.5, 0.6) is 11.5 Å². The summed E-state index contributed by atoms with van der Waals surface area (Å²) in [4.78, 5) is 19.9. The van der Waals surface area contributed by atoms with Crippen LogP contribution < -0.4 is 10.6 Å². The minimum absolute atomic E-state index is 0.0847. The number of aromatic carboxylic acids is 1. The molecule has 1 aromatic heterocycles. The summed E-state index contributed by atoms with van der Waals surface area (Å²) < 4.78 is 0. The quantitative estimate of drug-likeness (QED) is 0.204. The van der Waals surface area contributed by atoms with E-state index in [9.17, 15) is 15.0 Å². The number of anilines is 1. The van der Waals surface area contributed by atoms with Gasteiger partial charge in [-0.2, -0.15) is 0 Å². The number of aromatic nitrogens is 2. The molecule has 4 aromatic rings. The summed E-state index contributed by atoms with van der Waals surface area (Å²) >= 11 is 0. The number of phenols is 2. The zero-order valence-electron chi connectivity index (χ0n) is 19.7. The van der Waals surface area contributed by atoms with Crippen LogP contribution in [0.1, 0.15) is 27.6 Å². The highest BCUT2D eigenvalue weighted by Crippen LogP contribution is 2.27. The Morgan fingerprint density at radius 2 is 1.61 bits per heavy atom. The Morgan fingerprint density at radius 3 is 2.22 bits per heavy atom. The molecule has 0 radical (unpaired) electrons. The predicted molar refractivity (Wildman–Crippen MR) is 137 cm³/mol. The first-order valence-corrected chi connectivity index (χ1v) is 11.2. The third kappa shape index (κ3) is 7.26. The van der Waals surface area contributed by atoms with E-state index >= 15 is 0 Å². The molecule has 0 saturated heterocycles. The number of carboxylic acid groups (broad SMARTS) is 1. The normalized spacial score (nSPS) is 11.2. The van der Waals surface area contributed by atoms with Crippen molar-refractivity contribution in [2.75, 3.05) is 18.9 Å². The number of nitrogens with zero attached hydrogens (tertiary/aromatic N) is 2. The van der Waals surface area contributed by atoms with Gasteiger partial charge in [0.15, 0.2) is 11.5 Å². The average molecular weight is 489 g/mol. The van der Waals surface area contributed by atoms with Gasteiger partial charge in [-0.05, 0) is 30.3 Å². The van der Waals surface area contributed by atoms with Gasteiger partial charge in [-0.15, -0.1) is 0 Å². The maximum atomic E-state index is 11.4. The number of aliphatic hydroxyl groups is 1. The molecule has 1 atom stereocenters. The maximum Gasteiger partial charge on any atom is 0.339 e. The summed E-state index contributed by atoms with van der Waals surface area (Å²) in [5.74, 6) is -1.04. The number of nitrogens with one attached hydrogen (secondary N) is 2. The van der Waals surface area contributed by atoms with Crippen LogP contribution in [0.4, 0.5) is 5.95 Å². The molecule has 186 valence electrons. The zero-order valence-corrected chi connectivity index (χ0v) is 19.7. The molecule has 4 rings (SSSR count). The number of carboxylic acids is 1. The second kappa shape index (κ2) is 12.8. The number of hydrogen-bond donors (Lipinski definition) is 6. The zero-order chi connectivity index (χ0) is 25.9. The molecule has 0 aliphatic rings. The van der Waals surface area contributed by atoms with Crippen molar-refractivity contribution in [1.29, 1.82) is 0 Å². The maximum absolute atomic E-state index is 11.4. The number of phenolic OH excluding ortho intramolecular Hbond substituents is 2. The fourth-order valence-corrected chi connectivity index (χ4v) is 3.28. The van der Waals surface area contributed by atoms with Crippen molar-refractivity contribution in [1.82, 2.24) is 15.3 Å². The van der Waals surface area contributed by atoms with Crippen molar-refractivity contribution < 1.29 is 25.2 Å². The Kier molecular flexibility index (Phi) is 9.33. The van der Waals surface area contributed by atoms with Crippen LogP contribution >= 0.6 is 0 Å². The first-order chi connectivity index (χ1) is 17.4. The van der Waals surface area contributed by atoms with Crippen LogP contribution in [-0.2, 0) is 6.54 Å². The summed E-state index contributed by atoms with van der Waals surface area (Å²) in [5, 5.41) is 42.9. The number of aliphatic hydroxyl groups excluding tert-OH is 1. The van der Waals surface area contributed by atoms with E-state index in [-0.39, 0.29) is 17.1 Å². The lowest BCUT2D eigenvalue weighted by Crippen LogP contribution is -2.16. The fourth-order valence-electron chi connectivity index (χ4n) is 3.28. The minimum atomic E-state index is -1.04. The van der Waals surface area contributed by atoms with E-state index in [4.69, 9.17) is 10.2 Å². The van der Waals surface area contributed by atoms with Crippen LogP contribution in [0.15, 0.2) is 85.1 Å². The average Bonchev–Trinajstić information content (AvgIpc) is 2.90. The van der Waals surface area contributed by atoms with E-state index in [1.807, 2.05) is 60.7 Å². The van der Waals surface area contributed by atoms with Gasteiger partial charge in [-0.1, -0.05) is 66.7 Å². The van der Waals surface area contributed by atoms with E-state index < -0.39 is 12.1 Å². The number of benzene rings is 3. The standard InChI is InChI=1S/C18H15N3O2.C9H13NO3/c22-17(23)15-12-20-18(19-11-13-7-3-1-4-8-13)21-16(15)14-9-5-2-6-10-14;1-10-5-9(13)6-2-3-7(11)8(12)4-6/h1-10,12H,11H2,(H,22,23)(H,19,20,21);2-4,9-13H,5H2,1H3. The Hall–Kier alpha value is -4.47. The van der Waals surface area contributed by atoms with Crippen molar-refractivity contribution in [2.45, 2.75) is 12.6 Å². The Bertz CT molecular complexity index is 1270. The summed E-state index contributed by atoms with van der Waals surface area (Å²) in [6.07, 6.45) is 0.668. The van der Waals surface area contributed by atoms with Gasteiger partial charge in [-0.3, -0.25) is 0 Å². The summed E-state index contributed by atoms with van der Waals surface area (Å²) in [6.45, 7) is 0.978. The molecule has 9 heteroatoms. The monoisotopic (exact) mass is 488 g/mol. The van der Waals surface area contributed by atoms with Gasteiger partial charge in [-0.25, -0.2) is 14.8 Å². The van der Waals surface area contributed by atoms with Crippen molar-refractivity contribution in [2.24, 2.45) is 0 Å². The molecule has 0 aliphatic carbocycles. The van der Waals surface area contributed by atoms with Crippen molar-refractivity contribution in [3.05, 3.63) is 102 Å². The smallest absolute Gasteiger partial charge is 0.339 e. The number of rotatable bonds is 8. The van der Waals surface area contributed by atoms with E-state index in [2.05, 4.69) is 20.6 Å². The molecule has 0 fully saturated rings. The SMILES string of the molecule is CNCC(O)c1ccc(O)c(O)c1.O=C(O)c1cnc(NCc2ccccc2)nc1-c1ccccc1. The molecule has 0 spiro atoms. The number of likely N-dealkylation sites (N-methyl/N-ethyl adjacent to an activating group) is 1. The number of hydrogen-bond acceptors (Lipinski definition) is 8. The first kappa shape index (κ1) is 26.1. The van der Waals surface area contributed by atoms with Gasteiger partial charge >= 0.3 is 5.97 Å². The van der Waals surface area contributed by atoms with E-state index in [0.717, 1.165) is 11.1 Å². The lowest BCUT2D eigenvalue weighted by Gasteiger charge is -2.10. The van der Waals surface area contributed by atoms with E-state index in [0.29, 0.717) is 30.3 Å². The first-order valence-electron chi connectivity index (χ1n) is 11.2. The molecule has 0 amide bonds. The molecule has 1 heterocycles. The third-order valence-electron chi connectivity index (χ3n) is 5.14. The highest BCUT2D eigenvalue weighted by Gasteiger charge is 2.15. The molecule has 6 N–H and O–H groups in total. The highest BCUT2D eigenvalue weighted by atomic mass is 16.4. The van der Waals surface area contributed by atoms with Gasteiger partial charge in [0.1, 0.15) is 5.56 Å². The molecule has 1 unspecified atom stereocenters.